The lowest BCUT2D eigenvalue weighted by Gasteiger charge is -2.12. The summed E-state index contributed by atoms with van der Waals surface area (Å²) >= 11 is 1.52. The Labute approximate surface area is 81.2 Å². The van der Waals surface area contributed by atoms with Gasteiger partial charge in [-0.3, -0.25) is 4.79 Å². The summed E-state index contributed by atoms with van der Waals surface area (Å²) < 4.78 is 0. The van der Waals surface area contributed by atoms with Crippen LogP contribution >= 0.6 is 11.3 Å². The number of rotatable bonds is 3. The molecule has 0 aromatic carbocycles. The first-order valence-electron chi connectivity index (χ1n) is 4.06. The van der Waals surface area contributed by atoms with E-state index in [4.69, 9.17) is 5.73 Å². The molecular weight excluding hydrogens is 186 g/mol. The Kier molecular flexibility index (Phi) is 3.39. The Morgan fingerprint density at radius 3 is 2.85 bits per heavy atom. The molecule has 72 valence electrons. The lowest BCUT2D eigenvalue weighted by Crippen LogP contribution is -2.39. The lowest BCUT2D eigenvalue weighted by molar-refractivity contribution is -0.122. The highest BCUT2D eigenvalue weighted by Gasteiger charge is 2.13. The Balaban J connectivity index is 2.51. The van der Waals surface area contributed by atoms with E-state index in [2.05, 4.69) is 10.3 Å². The SMILES string of the molecule is CC(NC(=O)[C@@H](C)N)c1nccs1. The van der Waals surface area contributed by atoms with Crippen molar-refractivity contribution in [2.24, 2.45) is 5.73 Å². The topological polar surface area (TPSA) is 68.0 Å². The molecule has 13 heavy (non-hydrogen) atoms. The van der Waals surface area contributed by atoms with E-state index in [0.29, 0.717) is 0 Å². The maximum absolute atomic E-state index is 11.2. The Bertz CT molecular complexity index is 271. The molecule has 1 heterocycles. The highest BCUT2D eigenvalue weighted by Crippen LogP contribution is 2.14. The van der Waals surface area contributed by atoms with Crippen LogP contribution in [0.2, 0.25) is 0 Å². The van der Waals surface area contributed by atoms with Gasteiger partial charge in [-0.25, -0.2) is 4.98 Å². The van der Waals surface area contributed by atoms with Crippen LogP contribution in [0.5, 0.6) is 0 Å². The van der Waals surface area contributed by atoms with Crippen LogP contribution in [-0.4, -0.2) is 16.9 Å². The van der Waals surface area contributed by atoms with Gasteiger partial charge >= 0.3 is 0 Å². The van der Waals surface area contributed by atoms with Gasteiger partial charge in [0, 0.05) is 11.6 Å². The number of hydrogen-bond acceptors (Lipinski definition) is 4. The number of hydrogen-bond donors (Lipinski definition) is 2. The first-order valence-corrected chi connectivity index (χ1v) is 4.94. The minimum absolute atomic E-state index is 0.0569. The summed E-state index contributed by atoms with van der Waals surface area (Å²) in [6.07, 6.45) is 1.72. The van der Waals surface area contributed by atoms with Crippen LogP contribution in [0.15, 0.2) is 11.6 Å². The van der Waals surface area contributed by atoms with Crippen LogP contribution < -0.4 is 11.1 Å². The highest BCUT2D eigenvalue weighted by molar-refractivity contribution is 7.09. The second-order valence-corrected chi connectivity index (χ2v) is 3.82. The van der Waals surface area contributed by atoms with E-state index in [1.807, 2.05) is 12.3 Å². The molecule has 5 heteroatoms. The lowest BCUT2D eigenvalue weighted by atomic mass is 10.3. The van der Waals surface area contributed by atoms with Gasteiger partial charge in [-0.1, -0.05) is 0 Å². The number of nitrogens with zero attached hydrogens (tertiary/aromatic N) is 1. The standard InChI is InChI=1S/C8H13N3OS/c1-5(9)7(12)11-6(2)8-10-3-4-13-8/h3-6H,9H2,1-2H3,(H,11,12)/t5-,6?/m1/s1. The Morgan fingerprint density at radius 1 is 1.69 bits per heavy atom. The predicted octanol–water partition coefficient (Wildman–Crippen LogP) is 0.667. The molecule has 1 amide bonds. The molecule has 0 aliphatic rings. The van der Waals surface area contributed by atoms with Gasteiger partial charge in [0.25, 0.3) is 0 Å². The number of carbonyl (C=O) groups excluding carboxylic acids is 1. The van der Waals surface area contributed by atoms with E-state index >= 15 is 0 Å². The van der Waals surface area contributed by atoms with Crippen molar-refractivity contribution < 1.29 is 4.79 Å². The quantitative estimate of drug-likeness (QED) is 0.751. The molecule has 0 aliphatic heterocycles. The molecule has 3 N–H and O–H groups in total. The maximum atomic E-state index is 11.2. The van der Waals surface area contributed by atoms with Gasteiger partial charge in [0.2, 0.25) is 5.91 Å². The van der Waals surface area contributed by atoms with Gasteiger partial charge in [0.1, 0.15) is 5.01 Å². The van der Waals surface area contributed by atoms with Crippen molar-refractivity contribution in [1.82, 2.24) is 10.3 Å². The van der Waals surface area contributed by atoms with Crippen molar-refractivity contribution in [2.45, 2.75) is 25.9 Å². The monoisotopic (exact) mass is 199 g/mol. The smallest absolute Gasteiger partial charge is 0.237 e. The molecule has 0 fully saturated rings. The Morgan fingerprint density at radius 2 is 2.38 bits per heavy atom. The number of aromatic nitrogens is 1. The van der Waals surface area contributed by atoms with Gasteiger partial charge in [-0.2, -0.15) is 0 Å². The van der Waals surface area contributed by atoms with Crippen LogP contribution in [0.25, 0.3) is 0 Å². The molecular formula is C8H13N3OS. The van der Waals surface area contributed by atoms with Crippen LogP contribution in [0.3, 0.4) is 0 Å². The molecule has 1 aromatic rings. The fraction of sp³-hybridized carbons (Fsp3) is 0.500. The van der Waals surface area contributed by atoms with E-state index in [1.54, 1.807) is 13.1 Å². The van der Waals surface area contributed by atoms with E-state index in [0.717, 1.165) is 5.01 Å². The van der Waals surface area contributed by atoms with E-state index in [1.165, 1.54) is 11.3 Å². The van der Waals surface area contributed by atoms with Gasteiger partial charge < -0.3 is 11.1 Å². The van der Waals surface area contributed by atoms with Gasteiger partial charge in [0.05, 0.1) is 12.1 Å². The summed E-state index contributed by atoms with van der Waals surface area (Å²) in [6, 6.07) is -0.527. The molecule has 0 spiro atoms. The second-order valence-electron chi connectivity index (χ2n) is 2.89. The molecule has 0 saturated carbocycles. The zero-order chi connectivity index (χ0) is 9.84. The molecule has 1 unspecified atom stereocenters. The average molecular weight is 199 g/mol. The summed E-state index contributed by atoms with van der Waals surface area (Å²) in [6.45, 7) is 3.54. The van der Waals surface area contributed by atoms with Crippen LogP contribution in [0, 0.1) is 0 Å². The molecule has 1 aromatic heterocycles. The maximum Gasteiger partial charge on any atom is 0.237 e. The van der Waals surface area contributed by atoms with E-state index in [-0.39, 0.29) is 11.9 Å². The number of amides is 1. The molecule has 4 nitrogen and oxygen atoms in total. The third-order valence-electron chi connectivity index (χ3n) is 1.59. The van der Waals surface area contributed by atoms with Crippen molar-refractivity contribution in [1.29, 1.82) is 0 Å². The zero-order valence-electron chi connectivity index (χ0n) is 7.65. The fourth-order valence-corrected chi connectivity index (χ4v) is 1.50. The molecule has 1 rings (SSSR count). The third kappa shape index (κ3) is 2.78. The fourth-order valence-electron chi connectivity index (χ4n) is 0.855. The summed E-state index contributed by atoms with van der Waals surface area (Å²) in [5, 5.41) is 5.54. The summed E-state index contributed by atoms with van der Waals surface area (Å²) in [4.78, 5) is 15.3. The van der Waals surface area contributed by atoms with Gasteiger partial charge in [-0.05, 0) is 13.8 Å². The number of thiazole rings is 1. The van der Waals surface area contributed by atoms with Crippen LogP contribution in [0.4, 0.5) is 0 Å². The number of nitrogens with one attached hydrogen (secondary N) is 1. The third-order valence-corrected chi connectivity index (χ3v) is 2.55. The van der Waals surface area contributed by atoms with Gasteiger partial charge in [0.15, 0.2) is 0 Å². The second kappa shape index (κ2) is 4.34. The first-order chi connectivity index (χ1) is 6.11. The minimum Gasteiger partial charge on any atom is -0.346 e. The minimum atomic E-state index is -0.470. The molecule has 0 saturated heterocycles. The molecule has 0 radical (unpaired) electrons. The summed E-state index contributed by atoms with van der Waals surface area (Å²) in [5.74, 6) is -0.150. The normalized spacial score (nSPS) is 15.0. The number of carbonyl (C=O) groups is 1. The number of nitrogens with two attached hydrogens (primary N) is 1. The molecule has 0 bridgehead atoms. The molecule has 0 aliphatic carbocycles. The van der Waals surface area contributed by atoms with Crippen molar-refractivity contribution in [3.05, 3.63) is 16.6 Å². The Hall–Kier alpha value is -0.940. The highest BCUT2D eigenvalue weighted by atomic mass is 32.1. The molecule has 2 atom stereocenters. The van der Waals surface area contributed by atoms with Crippen LogP contribution in [0.1, 0.15) is 24.9 Å². The first kappa shape index (κ1) is 10.1. The van der Waals surface area contributed by atoms with E-state index < -0.39 is 6.04 Å². The van der Waals surface area contributed by atoms with Crippen molar-refractivity contribution in [3.8, 4) is 0 Å². The van der Waals surface area contributed by atoms with Crippen LogP contribution in [-0.2, 0) is 4.79 Å². The van der Waals surface area contributed by atoms with Crippen molar-refractivity contribution in [3.63, 3.8) is 0 Å². The largest absolute Gasteiger partial charge is 0.346 e. The van der Waals surface area contributed by atoms with Gasteiger partial charge in [-0.15, -0.1) is 11.3 Å². The van der Waals surface area contributed by atoms with E-state index in [9.17, 15) is 4.79 Å². The summed E-state index contributed by atoms with van der Waals surface area (Å²) in [5.41, 5.74) is 5.41. The van der Waals surface area contributed by atoms with Crippen molar-refractivity contribution >= 4 is 17.2 Å². The average Bonchev–Trinajstić information content (AvgIpc) is 2.55. The zero-order valence-corrected chi connectivity index (χ0v) is 8.47. The van der Waals surface area contributed by atoms with Crippen molar-refractivity contribution in [2.75, 3.05) is 0 Å². The predicted molar refractivity (Wildman–Crippen MR) is 52.3 cm³/mol. The summed E-state index contributed by atoms with van der Waals surface area (Å²) in [7, 11) is 0.